The Morgan fingerprint density at radius 3 is 2.89 bits per heavy atom. The van der Waals surface area contributed by atoms with E-state index < -0.39 is 0 Å². The molecule has 1 unspecified atom stereocenters. The van der Waals surface area contributed by atoms with Crippen LogP contribution in [0.15, 0.2) is 24.3 Å². The molecule has 1 aromatic rings. The smallest absolute Gasteiger partial charge is 0.142 e. The second kappa shape index (κ2) is 6.78. The molecule has 2 rings (SSSR count). The average molecular weight is 263 g/mol. The molecule has 106 valence electrons. The van der Waals surface area contributed by atoms with E-state index in [0.29, 0.717) is 12.6 Å². The Morgan fingerprint density at radius 2 is 2.16 bits per heavy atom. The zero-order chi connectivity index (χ0) is 13.7. The molecule has 1 N–H and O–H groups in total. The van der Waals surface area contributed by atoms with E-state index >= 15 is 0 Å². The molecule has 1 saturated heterocycles. The summed E-state index contributed by atoms with van der Waals surface area (Å²) in [6.45, 7) is 6.88. The van der Waals surface area contributed by atoms with Gasteiger partial charge in [-0.15, -0.1) is 0 Å². The van der Waals surface area contributed by atoms with Crippen LogP contribution in [0.3, 0.4) is 0 Å². The van der Waals surface area contributed by atoms with Crippen LogP contribution in [0.5, 0.6) is 5.75 Å². The van der Waals surface area contributed by atoms with Gasteiger partial charge in [-0.2, -0.15) is 0 Å². The van der Waals surface area contributed by atoms with E-state index in [-0.39, 0.29) is 0 Å². The van der Waals surface area contributed by atoms with Crippen LogP contribution >= 0.6 is 0 Å². The van der Waals surface area contributed by atoms with Gasteiger partial charge in [0.1, 0.15) is 5.75 Å². The minimum absolute atomic E-state index is 0.491. The number of likely N-dealkylation sites (N-methyl/N-ethyl adjacent to an activating group) is 1. The summed E-state index contributed by atoms with van der Waals surface area (Å²) in [4.78, 5) is 4.72. The summed E-state index contributed by atoms with van der Waals surface area (Å²) in [7, 11) is 4.25. The van der Waals surface area contributed by atoms with E-state index in [9.17, 15) is 0 Å². The highest BCUT2D eigenvalue weighted by molar-refractivity contribution is 5.59. The van der Waals surface area contributed by atoms with Crippen molar-refractivity contribution in [2.24, 2.45) is 0 Å². The number of rotatable bonds is 5. The fourth-order valence-corrected chi connectivity index (χ4v) is 2.63. The van der Waals surface area contributed by atoms with Crippen LogP contribution in [-0.2, 0) is 0 Å². The highest BCUT2D eigenvalue weighted by Crippen LogP contribution is 2.30. The van der Waals surface area contributed by atoms with Crippen LogP contribution in [0.25, 0.3) is 0 Å². The van der Waals surface area contributed by atoms with Crippen LogP contribution in [0, 0.1) is 0 Å². The minimum Gasteiger partial charge on any atom is -0.492 e. The van der Waals surface area contributed by atoms with Gasteiger partial charge in [-0.25, -0.2) is 0 Å². The van der Waals surface area contributed by atoms with Crippen LogP contribution in [0.1, 0.15) is 6.92 Å². The predicted molar refractivity (Wildman–Crippen MR) is 80.2 cm³/mol. The molecule has 19 heavy (non-hydrogen) atoms. The molecule has 1 aromatic carbocycles. The monoisotopic (exact) mass is 263 g/mol. The number of nitrogens with zero attached hydrogens (tertiary/aromatic N) is 2. The van der Waals surface area contributed by atoms with E-state index in [1.54, 1.807) is 0 Å². The van der Waals surface area contributed by atoms with Gasteiger partial charge in [0.25, 0.3) is 0 Å². The molecule has 1 aliphatic heterocycles. The average Bonchev–Trinajstić information content (AvgIpc) is 2.40. The summed E-state index contributed by atoms with van der Waals surface area (Å²) >= 11 is 0. The number of hydrogen-bond donors (Lipinski definition) is 1. The first kappa shape index (κ1) is 14.2. The first-order valence-corrected chi connectivity index (χ1v) is 7.06. The maximum Gasteiger partial charge on any atom is 0.142 e. The molecule has 0 radical (unpaired) electrons. The number of benzene rings is 1. The molecule has 0 amide bonds. The minimum atomic E-state index is 0.491. The number of anilines is 1. The lowest BCUT2D eigenvalue weighted by Crippen LogP contribution is -2.55. The van der Waals surface area contributed by atoms with Crippen molar-refractivity contribution in [3.8, 4) is 5.75 Å². The molecular formula is C15H25N3O. The third-order valence-corrected chi connectivity index (χ3v) is 3.40. The second-order valence-electron chi connectivity index (χ2n) is 5.21. The lowest BCUT2D eigenvalue weighted by Gasteiger charge is -2.39. The molecule has 4 nitrogen and oxygen atoms in total. The Balaban J connectivity index is 2.21. The van der Waals surface area contributed by atoms with Gasteiger partial charge >= 0.3 is 0 Å². The zero-order valence-corrected chi connectivity index (χ0v) is 12.2. The molecule has 1 aliphatic rings. The fourth-order valence-electron chi connectivity index (χ4n) is 2.63. The molecule has 0 aromatic heterocycles. The summed E-state index contributed by atoms with van der Waals surface area (Å²) in [6, 6.07) is 8.85. The van der Waals surface area contributed by atoms with Crippen LogP contribution in [-0.4, -0.2) is 57.8 Å². The van der Waals surface area contributed by atoms with E-state index in [1.807, 2.05) is 13.0 Å². The SMILES string of the molecule is CCOc1ccccc1N1CCNCC1CN(C)C. The first-order chi connectivity index (χ1) is 9.22. The lowest BCUT2D eigenvalue weighted by molar-refractivity contribution is 0.323. The van der Waals surface area contributed by atoms with E-state index in [0.717, 1.165) is 31.9 Å². The molecule has 0 spiro atoms. The number of nitrogens with one attached hydrogen (secondary N) is 1. The van der Waals surface area contributed by atoms with E-state index in [4.69, 9.17) is 4.74 Å². The Morgan fingerprint density at radius 1 is 1.37 bits per heavy atom. The van der Waals surface area contributed by atoms with Gasteiger partial charge in [0, 0.05) is 26.2 Å². The predicted octanol–water partition coefficient (Wildman–Crippen LogP) is 1.43. The lowest BCUT2D eigenvalue weighted by atomic mass is 10.1. The molecular weight excluding hydrogens is 238 g/mol. The molecule has 0 bridgehead atoms. The zero-order valence-electron chi connectivity index (χ0n) is 12.2. The highest BCUT2D eigenvalue weighted by atomic mass is 16.5. The molecule has 4 heteroatoms. The van der Waals surface area contributed by atoms with Crippen molar-refractivity contribution in [3.05, 3.63) is 24.3 Å². The van der Waals surface area contributed by atoms with E-state index in [1.165, 1.54) is 5.69 Å². The summed E-state index contributed by atoms with van der Waals surface area (Å²) in [5, 5.41) is 3.48. The quantitative estimate of drug-likeness (QED) is 0.869. The summed E-state index contributed by atoms with van der Waals surface area (Å²) in [6.07, 6.45) is 0. The summed E-state index contributed by atoms with van der Waals surface area (Å²) in [5.41, 5.74) is 1.22. The third kappa shape index (κ3) is 3.61. The standard InChI is InChI=1S/C15H25N3O/c1-4-19-15-8-6-5-7-14(15)18-10-9-16-11-13(18)12-17(2)3/h5-8,13,16H,4,9-12H2,1-3H3. The number of piperazine rings is 1. The maximum atomic E-state index is 5.77. The van der Waals surface area contributed by atoms with Crippen LogP contribution in [0.2, 0.25) is 0 Å². The molecule has 1 atom stereocenters. The number of para-hydroxylation sites is 2. The second-order valence-corrected chi connectivity index (χ2v) is 5.21. The number of hydrogen-bond acceptors (Lipinski definition) is 4. The van der Waals surface area contributed by atoms with Gasteiger partial charge in [-0.05, 0) is 33.2 Å². The van der Waals surface area contributed by atoms with Crippen LogP contribution in [0.4, 0.5) is 5.69 Å². The van der Waals surface area contributed by atoms with Gasteiger partial charge in [0.05, 0.1) is 18.3 Å². The van der Waals surface area contributed by atoms with Crippen molar-refractivity contribution in [2.45, 2.75) is 13.0 Å². The van der Waals surface area contributed by atoms with Gasteiger partial charge < -0.3 is 19.9 Å². The topological polar surface area (TPSA) is 27.7 Å². The highest BCUT2D eigenvalue weighted by Gasteiger charge is 2.24. The Bertz CT molecular complexity index is 395. The van der Waals surface area contributed by atoms with Gasteiger partial charge in [-0.3, -0.25) is 0 Å². The van der Waals surface area contributed by atoms with Crippen molar-refractivity contribution in [1.29, 1.82) is 0 Å². The van der Waals surface area contributed by atoms with Crippen molar-refractivity contribution >= 4 is 5.69 Å². The van der Waals surface area contributed by atoms with Crippen molar-refractivity contribution in [2.75, 3.05) is 51.8 Å². The van der Waals surface area contributed by atoms with Crippen molar-refractivity contribution in [3.63, 3.8) is 0 Å². The van der Waals surface area contributed by atoms with Gasteiger partial charge in [-0.1, -0.05) is 12.1 Å². The fraction of sp³-hybridized carbons (Fsp3) is 0.600. The third-order valence-electron chi connectivity index (χ3n) is 3.40. The van der Waals surface area contributed by atoms with E-state index in [2.05, 4.69) is 47.4 Å². The summed E-state index contributed by atoms with van der Waals surface area (Å²) in [5.74, 6) is 0.996. The number of ether oxygens (including phenoxy) is 1. The molecule has 0 aliphatic carbocycles. The van der Waals surface area contributed by atoms with Gasteiger partial charge in [0.2, 0.25) is 0 Å². The Labute approximate surface area is 116 Å². The summed E-state index contributed by atoms with van der Waals surface area (Å²) < 4.78 is 5.77. The molecule has 0 saturated carbocycles. The normalized spacial score (nSPS) is 19.8. The maximum absolute atomic E-state index is 5.77. The van der Waals surface area contributed by atoms with Crippen molar-refractivity contribution in [1.82, 2.24) is 10.2 Å². The van der Waals surface area contributed by atoms with Crippen LogP contribution < -0.4 is 15.0 Å². The first-order valence-electron chi connectivity index (χ1n) is 7.06. The molecule has 1 fully saturated rings. The van der Waals surface area contributed by atoms with Gasteiger partial charge in [0.15, 0.2) is 0 Å². The molecule has 1 heterocycles. The van der Waals surface area contributed by atoms with Crippen molar-refractivity contribution < 1.29 is 4.74 Å². The Kier molecular flexibility index (Phi) is 5.05. The largest absolute Gasteiger partial charge is 0.492 e. The Hall–Kier alpha value is -1.26.